The molecule has 0 aliphatic carbocycles. The summed E-state index contributed by atoms with van der Waals surface area (Å²) in [5.74, 6) is -0.107. The topological polar surface area (TPSA) is 46.9 Å². The Kier molecular flexibility index (Phi) is 4.04. The molecule has 2 aromatic rings. The molecule has 0 bridgehead atoms. The molecular formula is C13H15N3OS. The van der Waals surface area contributed by atoms with Gasteiger partial charge < -0.3 is 5.32 Å². The maximum absolute atomic E-state index is 11.9. The molecule has 4 nitrogen and oxygen atoms in total. The van der Waals surface area contributed by atoms with Crippen LogP contribution in [-0.2, 0) is 6.54 Å². The first-order valence-corrected chi connectivity index (χ1v) is 6.17. The third-order valence-electron chi connectivity index (χ3n) is 2.54. The summed E-state index contributed by atoms with van der Waals surface area (Å²) in [5, 5.41) is 7.00. The molecule has 0 aliphatic rings. The van der Waals surface area contributed by atoms with Crippen molar-refractivity contribution in [1.29, 1.82) is 0 Å². The number of carbonyl (C=O) groups excluding carboxylic acids is 1. The van der Waals surface area contributed by atoms with E-state index in [4.69, 9.17) is 0 Å². The summed E-state index contributed by atoms with van der Waals surface area (Å²) in [7, 11) is 0. The van der Waals surface area contributed by atoms with Crippen molar-refractivity contribution in [3.63, 3.8) is 0 Å². The zero-order valence-electron chi connectivity index (χ0n) is 10.1. The molecule has 1 aromatic heterocycles. The molecule has 5 heteroatoms. The van der Waals surface area contributed by atoms with E-state index in [1.54, 1.807) is 18.3 Å². The number of nitrogens with one attached hydrogen (secondary N) is 1. The van der Waals surface area contributed by atoms with Crippen LogP contribution in [0.1, 0.15) is 15.9 Å². The van der Waals surface area contributed by atoms with Crippen LogP contribution in [0.5, 0.6) is 0 Å². The average Bonchev–Trinajstić information content (AvgIpc) is 2.75. The number of hydrogen-bond donors (Lipinski definition) is 2. The Morgan fingerprint density at radius 3 is 2.89 bits per heavy atom. The number of carbonyl (C=O) groups is 1. The lowest BCUT2D eigenvalue weighted by atomic mass is 10.2. The Morgan fingerprint density at radius 1 is 1.44 bits per heavy atom. The Balaban J connectivity index is 1.87. The van der Waals surface area contributed by atoms with Gasteiger partial charge >= 0.3 is 0 Å². The summed E-state index contributed by atoms with van der Waals surface area (Å²) in [6.45, 7) is 3.19. The van der Waals surface area contributed by atoms with Crippen molar-refractivity contribution < 1.29 is 4.79 Å². The van der Waals surface area contributed by atoms with Crippen molar-refractivity contribution in [2.45, 2.75) is 18.4 Å². The highest BCUT2D eigenvalue weighted by atomic mass is 32.1. The molecule has 0 unspecified atom stereocenters. The molecule has 0 saturated heterocycles. The van der Waals surface area contributed by atoms with E-state index in [0.717, 1.165) is 5.56 Å². The Bertz CT molecular complexity index is 551. The van der Waals surface area contributed by atoms with E-state index in [2.05, 4.69) is 23.0 Å². The van der Waals surface area contributed by atoms with Gasteiger partial charge in [-0.2, -0.15) is 5.10 Å². The van der Waals surface area contributed by atoms with E-state index in [-0.39, 0.29) is 5.91 Å². The predicted octanol–water partition coefficient (Wildman–Crippen LogP) is 1.91. The minimum absolute atomic E-state index is 0.107. The molecule has 0 fully saturated rings. The second-order valence-electron chi connectivity index (χ2n) is 4.05. The van der Waals surface area contributed by atoms with Crippen LogP contribution in [0.25, 0.3) is 0 Å². The summed E-state index contributed by atoms with van der Waals surface area (Å²) in [6.07, 6.45) is 3.74. The number of benzene rings is 1. The molecule has 1 heterocycles. The molecule has 0 atom stereocenters. The van der Waals surface area contributed by atoms with E-state index < -0.39 is 0 Å². The van der Waals surface area contributed by atoms with Gasteiger partial charge in [0.05, 0.1) is 18.3 Å². The number of rotatable bonds is 4. The molecule has 18 heavy (non-hydrogen) atoms. The highest BCUT2D eigenvalue weighted by molar-refractivity contribution is 7.80. The van der Waals surface area contributed by atoms with Gasteiger partial charge in [-0.3, -0.25) is 9.48 Å². The molecule has 0 radical (unpaired) electrons. The average molecular weight is 261 g/mol. The maximum atomic E-state index is 11.9. The summed E-state index contributed by atoms with van der Waals surface area (Å²) in [4.78, 5) is 12.6. The number of hydrogen-bond acceptors (Lipinski definition) is 3. The van der Waals surface area contributed by atoms with Crippen molar-refractivity contribution in [3.8, 4) is 0 Å². The number of amides is 1. The smallest absolute Gasteiger partial charge is 0.252 e. The predicted molar refractivity (Wildman–Crippen MR) is 73.0 cm³/mol. The van der Waals surface area contributed by atoms with Gasteiger partial charge in [-0.15, -0.1) is 12.6 Å². The van der Waals surface area contributed by atoms with Gasteiger partial charge in [-0.05, 0) is 24.6 Å². The van der Waals surface area contributed by atoms with Crippen molar-refractivity contribution in [2.75, 3.05) is 6.54 Å². The van der Waals surface area contributed by atoms with Crippen LogP contribution >= 0.6 is 12.6 Å². The van der Waals surface area contributed by atoms with Gasteiger partial charge in [0, 0.05) is 17.6 Å². The van der Waals surface area contributed by atoms with Crippen LogP contribution in [0, 0.1) is 6.92 Å². The SMILES string of the molecule is Cc1cnn(CCNC(=O)c2ccccc2S)c1. The largest absolute Gasteiger partial charge is 0.350 e. The number of aromatic nitrogens is 2. The van der Waals surface area contributed by atoms with Gasteiger partial charge in [0.1, 0.15) is 0 Å². The van der Waals surface area contributed by atoms with E-state index in [0.29, 0.717) is 23.5 Å². The zero-order chi connectivity index (χ0) is 13.0. The second kappa shape index (κ2) is 5.73. The molecule has 0 aliphatic heterocycles. The first-order chi connectivity index (χ1) is 8.66. The maximum Gasteiger partial charge on any atom is 0.252 e. The van der Waals surface area contributed by atoms with Crippen molar-refractivity contribution in [2.24, 2.45) is 0 Å². The van der Waals surface area contributed by atoms with Gasteiger partial charge in [-0.25, -0.2) is 0 Å². The van der Waals surface area contributed by atoms with E-state index in [9.17, 15) is 4.79 Å². The summed E-state index contributed by atoms with van der Waals surface area (Å²) < 4.78 is 1.81. The van der Waals surface area contributed by atoms with Gasteiger partial charge in [0.2, 0.25) is 0 Å². The number of thiol groups is 1. The Morgan fingerprint density at radius 2 is 2.22 bits per heavy atom. The molecule has 94 valence electrons. The fraction of sp³-hybridized carbons (Fsp3) is 0.231. The van der Waals surface area contributed by atoms with E-state index in [1.165, 1.54) is 0 Å². The quantitative estimate of drug-likeness (QED) is 0.826. The lowest BCUT2D eigenvalue weighted by Crippen LogP contribution is -2.27. The van der Waals surface area contributed by atoms with Gasteiger partial charge in [-0.1, -0.05) is 12.1 Å². The van der Waals surface area contributed by atoms with Crippen LogP contribution in [0.15, 0.2) is 41.6 Å². The third-order valence-corrected chi connectivity index (χ3v) is 2.93. The first-order valence-electron chi connectivity index (χ1n) is 5.72. The fourth-order valence-corrected chi connectivity index (χ4v) is 1.90. The summed E-state index contributed by atoms with van der Waals surface area (Å²) >= 11 is 4.25. The minimum Gasteiger partial charge on any atom is -0.350 e. The number of aryl methyl sites for hydroxylation is 1. The van der Waals surface area contributed by atoms with Crippen LogP contribution in [0.2, 0.25) is 0 Å². The third kappa shape index (κ3) is 3.13. The van der Waals surface area contributed by atoms with Crippen molar-refractivity contribution in [1.82, 2.24) is 15.1 Å². The summed E-state index contributed by atoms with van der Waals surface area (Å²) in [6, 6.07) is 7.24. The first kappa shape index (κ1) is 12.7. The molecule has 1 amide bonds. The van der Waals surface area contributed by atoms with Gasteiger partial charge in [0.25, 0.3) is 5.91 Å². The minimum atomic E-state index is -0.107. The van der Waals surface area contributed by atoms with E-state index >= 15 is 0 Å². The molecule has 0 spiro atoms. The van der Waals surface area contributed by atoms with E-state index in [1.807, 2.05) is 29.9 Å². The number of nitrogens with zero attached hydrogens (tertiary/aromatic N) is 2. The van der Waals surface area contributed by atoms with Crippen LogP contribution in [0.4, 0.5) is 0 Å². The van der Waals surface area contributed by atoms with Crippen molar-refractivity contribution in [3.05, 3.63) is 47.8 Å². The molecule has 1 N–H and O–H groups in total. The standard InChI is InChI=1S/C13H15N3OS/c1-10-8-15-16(9-10)7-6-14-13(17)11-4-2-3-5-12(11)18/h2-5,8-9,18H,6-7H2,1H3,(H,14,17). The van der Waals surface area contributed by atoms with Crippen LogP contribution in [0.3, 0.4) is 0 Å². The molecule has 0 saturated carbocycles. The van der Waals surface area contributed by atoms with Crippen LogP contribution < -0.4 is 5.32 Å². The molecule has 2 rings (SSSR count). The van der Waals surface area contributed by atoms with Crippen molar-refractivity contribution >= 4 is 18.5 Å². The Hall–Kier alpha value is -1.75. The fourth-order valence-electron chi connectivity index (χ4n) is 1.63. The molecular weight excluding hydrogens is 246 g/mol. The highest BCUT2D eigenvalue weighted by Gasteiger charge is 2.07. The lowest BCUT2D eigenvalue weighted by molar-refractivity contribution is 0.0949. The summed E-state index contributed by atoms with van der Waals surface area (Å²) in [5.41, 5.74) is 1.71. The zero-order valence-corrected chi connectivity index (χ0v) is 11.0. The second-order valence-corrected chi connectivity index (χ2v) is 4.54. The highest BCUT2D eigenvalue weighted by Crippen LogP contribution is 2.12. The Labute approximate surface area is 111 Å². The molecule has 1 aromatic carbocycles. The monoisotopic (exact) mass is 261 g/mol. The normalized spacial score (nSPS) is 10.3. The lowest BCUT2D eigenvalue weighted by Gasteiger charge is -2.07. The van der Waals surface area contributed by atoms with Crippen LogP contribution in [-0.4, -0.2) is 22.2 Å². The van der Waals surface area contributed by atoms with Gasteiger partial charge in [0.15, 0.2) is 0 Å².